The van der Waals surface area contributed by atoms with Gasteiger partial charge in [-0.1, -0.05) is 6.07 Å². The summed E-state index contributed by atoms with van der Waals surface area (Å²) in [7, 11) is 0. The maximum absolute atomic E-state index is 10.2. The first-order chi connectivity index (χ1) is 6.15. The van der Waals surface area contributed by atoms with E-state index in [9.17, 15) is 9.90 Å². The van der Waals surface area contributed by atoms with E-state index in [1.807, 2.05) is 6.07 Å². The zero-order chi connectivity index (χ0) is 9.84. The predicted octanol–water partition coefficient (Wildman–Crippen LogP) is 2.83. The Morgan fingerprint density at radius 1 is 1.38 bits per heavy atom. The second-order valence-corrected chi connectivity index (χ2v) is 4.30. The number of carbonyl (C=O) groups is 1. The summed E-state index contributed by atoms with van der Waals surface area (Å²) in [6.45, 7) is 0. The molecule has 1 N–H and O–H groups in total. The number of carbonyl (C=O) groups excluding carboxylic acids is 1. The van der Waals surface area contributed by atoms with Gasteiger partial charge in [0.1, 0.15) is 6.29 Å². The summed E-state index contributed by atoms with van der Waals surface area (Å²) in [5.41, 5.74) is 0.738. The van der Waals surface area contributed by atoms with Crippen LogP contribution in [0.15, 0.2) is 27.1 Å². The van der Waals surface area contributed by atoms with Crippen molar-refractivity contribution in [2.45, 2.75) is 12.5 Å². The Kier molecular flexibility index (Phi) is 4.09. The lowest BCUT2D eigenvalue weighted by atomic mass is 10.1. The normalized spacial score (nSPS) is 12.5. The lowest BCUT2D eigenvalue weighted by Crippen LogP contribution is -1.97. The third-order valence-corrected chi connectivity index (χ3v) is 3.53. The summed E-state index contributed by atoms with van der Waals surface area (Å²) >= 11 is 6.64. The van der Waals surface area contributed by atoms with Crippen LogP contribution in [-0.4, -0.2) is 11.4 Å². The molecule has 0 fully saturated rings. The van der Waals surface area contributed by atoms with Crippen molar-refractivity contribution >= 4 is 38.1 Å². The largest absolute Gasteiger partial charge is 0.388 e. The lowest BCUT2D eigenvalue weighted by molar-refractivity contribution is -0.109. The quantitative estimate of drug-likeness (QED) is 0.872. The zero-order valence-corrected chi connectivity index (χ0v) is 9.88. The van der Waals surface area contributed by atoms with Crippen LogP contribution in [0.4, 0.5) is 0 Å². The standard InChI is InChI=1S/C9H8Br2O2/c10-7-2-1-6(5-8(7)11)9(13)3-4-12/h1-2,4-5,9,13H,3H2. The first-order valence-corrected chi connectivity index (χ1v) is 5.30. The topological polar surface area (TPSA) is 37.3 Å². The Labute approximate surface area is 93.2 Å². The van der Waals surface area contributed by atoms with Crippen molar-refractivity contribution in [2.75, 3.05) is 0 Å². The summed E-state index contributed by atoms with van der Waals surface area (Å²) < 4.78 is 1.80. The Morgan fingerprint density at radius 2 is 2.08 bits per heavy atom. The zero-order valence-electron chi connectivity index (χ0n) is 6.71. The van der Waals surface area contributed by atoms with E-state index in [1.54, 1.807) is 12.1 Å². The van der Waals surface area contributed by atoms with Crippen LogP contribution in [-0.2, 0) is 4.79 Å². The van der Waals surface area contributed by atoms with E-state index in [0.29, 0.717) is 6.29 Å². The minimum Gasteiger partial charge on any atom is -0.388 e. The first-order valence-electron chi connectivity index (χ1n) is 3.72. The fourth-order valence-corrected chi connectivity index (χ4v) is 1.59. The highest BCUT2D eigenvalue weighted by Crippen LogP contribution is 2.27. The number of hydrogen-bond acceptors (Lipinski definition) is 2. The smallest absolute Gasteiger partial charge is 0.122 e. The molecule has 4 heteroatoms. The van der Waals surface area contributed by atoms with E-state index in [0.717, 1.165) is 14.5 Å². The fourth-order valence-electron chi connectivity index (χ4n) is 0.947. The van der Waals surface area contributed by atoms with Gasteiger partial charge in [-0.2, -0.15) is 0 Å². The highest BCUT2D eigenvalue weighted by Gasteiger charge is 2.07. The number of halogens is 2. The van der Waals surface area contributed by atoms with Gasteiger partial charge < -0.3 is 9.90 Å². The molecule has 0 radical (unpaired) electrons. The number of rotatable bonds is 3. The van der Waals surface area contributed by atoms with Gasteiger partial charge in [0.05, 0.1) is 6.10 Å². The maximum atomic E-state index is 10.2. The van der Waals surface area contributed by atoms with Crippen molar-refractivity contribution in [2.24, 2.45) is 0 Å². The Hall–Kier alpha value is -0.190. The lowest BCUT2D eigenvalue weighted by Gasteiger charge is -2.08. The van der Waals surface area contributed by atoms with Crippen LogP contribution >= 0.6 is 31.9 Å². The summed E-state index contributed by atoms with van der Waals surface area (Å²) in [6, 6.07) is 5.40. The Balaban J connectivity index is 2.89. The van der Waals surface area contributed by atoms with Crippen LogP contribution in [0.3, 0.4) is 0 Å². The van der Waals surface area contributed by atoms with Crippen molar-refractivity contribution in [3.05, 3.63) is 32.7 Å². The summed E-state index contributed by atoms with van der Waals surface area (Å²) in [5, 5.41) is 9.47. The molecule has 0 aliphatic carbocycles. The molecule has 0 aliphatic heterocycles. The van der Waals surface area contributed by atoms with Crippen LogP contribution in [0, 0.1) is 0 Å². The summed E-state index contributed by atoms with van der Waals surface area (Å²) in [4.78, 5) is 10.2. The highest BCUT2D eigenvalue weighted by atomic mass is 79.9. The van der Waals surface area contributed by atoms with E-state index >= 15 is 0 Å². The molecule has 1 atom stereocenters. The second kappa shape index (κ2) is 4.88. The van der Waals surface area contributed by atoms with Crippen LogP contribution in [0.1, 0.15) is 18.1 Å². The van der Waals surface area contributed by atoms with E-state index in [2.05, 4.69) is 31.9 Å². The molecule has 0 heterocycles. The van der Waals surface area contributed by atoms with E-state index in [-0.39, 0.29) is 6.42 Å². The van der Waals surface area contributed by atoms with Gasteiger partial charge >= 0.3 is 0 Å². The monoisotopic (exact) mass is 306 g/mol. The minimum absolute atomic E-state index is 0.133. The maximum Gasteiger partial charge on any atom is 0.122 e. The van der Waals surface area contributed by atoms with Crippen LogP contribution < -0.4 is 0 Å². The molecule has 1 rings (SSSR count). The summed E-state index contributed by atoms with van der Waals surface area (Å²) in [5.74, 6) is 0. The van der Waals surface area contributed by atoms with Crippen LogP contribution in [0.2, 0.25) is 0 Å². The molecule has 0 aromatic heterocycles. The molecule has 1 aromatic rings. The molecule has 70 valence electrons. The second-order valence-electron chi connectivity index (χ2n) is 2.59. The highest BCUT2D eigenvalue weighted by molar-refractivity contribution is 9.13. The summed E-state index contributed by atoms with van der Waals surface area (Å²) in [6.07, 6.45) is 0.135. The van der Waals surface area contributed by atoms with E-state index in [4.69, 9.17) is 0 Å². The van der Waals surface area contributed by atoms with Gasteiger partial charge in [-0.15, -0.1) is 0 Å². The van der Waals surface area contributed by atoms with Crippen LogP contribution in [0.25, 0.3) is 0 Å². The fraction of sp³-hybridized carbons (Fsp3) is 0.222. The van der Waals surface area contributed by atoms with Gasteiger partial charge in [-0.3, -0.25) is 0 Å². The molecule has 0 amide bonds. The van der Waals surface area contributed by atoms with Gasteiger partial charge in [0.2, 0.25) is 0 Å². The number of aldehydes is 1. The first kappa shape index (κ1) is 10.9. The van der Waals surface area contributed by atoms with Crippen LogP contribution in [0.5, 0.6) is 0 Å². The van der Waals surface area contributed by atoms with E-state index in [1.165, 1.54) is 0 Å². The van der Waals surface area contributed by atoms with Gasteiger partial charge in [-0.05, 0) is 49.6 Å². The number of benzene rings is 1. The van der Waals surface area contributed by atoms with Crippen molar-refractivity contribution in [3.63, 3.8) is 0 Å². The van der Waals surface area contributed by atoms with Gasteiger partial charge in [-0.25, -0.2) is 0 Å². The number of aliphatic hydroxyl groups is 1. The molecule has 0 saturated carbocycles. The van der Waals surface area contributed by atoms with Crippen molar-refractivity contribution in [3.8, 4) is 0 Å². The molecule has 0 spiro atoms. The van der Waals surface area contributed by atoms with Gasteiger partial charge in [0.25, 0.3) is 0 Å². The van der Waals surface area contributed by atoms with E-state index < -0.39 is 6.10 Å². The molecule has 0 bridgehead atoms. The number of hydrogen-bond donors (Lipinski definition) is 1. The van der Waals surface area contributed by atoms with Crippen molar-refractivity contribution < 1.29 is 9.90 Å². The average Bonchev–Trinajstić information content (AvgIpc) is 2.10. The molecule has 0 aliphatic rings. The minimum atomic E-state index is -0.707. The average molecular weight is 308 g/mol. The molecule has 2 nitrogen and oxygen atoms in total. The third kappa shape index (κ3) is 2.90. The van der Waals surface area contributed by atoms with Crippen molar-refractivity contribution in [1.82, 2.24) is 0 Å². The molecule has 1 aromatic carbocycles. The SMILES string of the molecule is O=CCC(O)c1ccc(Br)c(Br)c1. The van der Waals surface area contributed by atoms with Gasteiger partial charge in [0.15, 0.2) is 0 Å². The molecule has 13 heavy (non-hydrogen) atoms. The Bertz CT molecular complexity index is 312. The molecular weight excluding hydrogens is 300 g/mol. The molecule has 0 saturated heterocycles. The third-order valence-electron chi connectivity index (χ3n) is 1.65. The molecule has 1 unspecified atom stereocenters. The van der Waals surface area contributed by atoms with Crippen molar-refractivity contribution in [1.29, 1.82) is 0 Å². The van der Waals surface area contributed by atoms with Gasteiger partial charge in [0, 0.05) is 15.4 Å². The molecular formula is C9H8Br2O2. The predicted molar refractivity (Wildman–Crippen MR) is 57.5 cm³/mol. The number of aliphatic hydroxyl groups excluding tert-OH is 1. The Morgan fingerprint density at radius 3 is 2.62 bits per heavy atom.